The van der Waals surface area contributed by atoms with Gasteiger partial charge in [0.25, 0.3) is 0 Å². The van der Waals surface area contributed by atoms with E-state index in [-0.39, 0.29) is 23.9 Å². The van der Waals surface area contributed by atoms with Gasteiger partial charge < -0.3 is 15.3 Å². The van der Waals surface area contributed by atoms with Crippen LogP contribution in [0, 0.1) is 0 Å². The molecule has 0 aromatic heterocycles. The fourth-order valence-corrected chi connectivity index (χ4v) is 2.45. The molecule has 22 heavy (non-hydrogen) atoms. The molecule has 0 aliphatic carbocycles. The number of amides is 2. The lowest BCUT2D eigenvalue weighted by Gasteiger charge is -2.24. The molecule has 0 saturated carbocycles. The highest BCUT2D eigenvalue weighted by molar-refractivity contribution is 5.95. The first kappa shape index (κ1) is 16.0. The summed E-state index contributed by atoms with van der Waals surface area (Å²) in [5, 5.41) is 11.5. The van der Waals surface area contributed by atoms with Crippen molar-refractivity contribution in [2.45, 2.75) is 32.1 Å². The van der Waals surface area contributed by atoms with Crippen molar-refractivity contribution in [3.63, 3.8) is 0 Å². The lowest BCUT2D eigenvalue weighted by atomic mass is 10.1. The Morgan fingerprint density at radius 2 is 1.77 bits per heavy atom. The van der Waals surface area contributed by atoms with E-state index in [9.17, 15) is 14.4 Å². The molecule has 2 amide bonds. The van der Waals surface area contributed by atoms with E-state index in [0.717, 1.165) is 25.7 Å². The summed E-state index contributed by atoms with van der Waals surface area (Å²) in [4.78, 5) is 36.3. The van der Waals surface area contributed by atoms with Crippen molar-refractivity contribution in [3.05, 3.63) is 29.8 Å². The number of carbonyl (C=O) groups is 3. The van der Waals surface area contributed by atoms with Crippen LogP contribution in [0.2, 0.25) is 0 Å². The number of likely N-dealkylation sites (tertiary alicyclic amines) is 1. The molecule has 2 N–H and O–H groups in total. The molecule has 2 rings (SSSR count). The minimum atomic E-state index is -1.01. The Morgan fingerprint density at radius 1 is 1.09 bits per heavy atom. The third-order valence-corrected chi connectivity index (χ3v) is 3.67. The molecule has 1 aliphatic rings. The normalized spacial score (nSPS) is 15.8. The maximum atomic E-state index is 12.0. The quantitative estimate of drug-likeness (QED) is 0.892. The minimum absolute atomic E-state index is 0.0241. The molecule has 118 valence electrons. The van der Waals surface area contributed by atoms with Crippen LogP contribution in [0.15, 0.2) is 24.3 Å². The largest absolute Gasteiger partial charge is 0.478 e. The zero-order valence-electron chi connectivity index (χ0n) is 12.4. The Hall–Kier alpha value is -2.37. The van der Waals surface area contributed by atoms with Crippen LogP contribution in [0.3, 0.4) is 0 Å². The number of anilines is 1. The second-order valence-electron chi connectivity index (χ2n) is 5.41. The van der Waals surface area contributed by atoms with E-state index in [2.05, 4.69) is 5.32 Å². The van der Waals surface area contributed by atoms with E-state index in [1.807, 2.05) is 0 Å². The van der Waals surface area contributed by atoms with Gasteiger partial charge in [0.15, 0.2) is 0 Å². The third-order valence-electron chi connectivity index (χ3n) is 3.67. The van der Waals surface area contributed by atoms with Gasteiger partial charge in [-0.2, -0.15) is 0 Å². The summed E-state index contributed by atoms with van der Waals surface area (Å²) in [5.41, 5.74) is 0.687. The molecule has 0 unspecified atom stereocenters. The van der Waals surface area contributed by atoms with E-state index in [1.54, 1.807) is 4.90 Å². The summed E-state index contributed by atoms with van der Waals surface area (Å²) in [6, 6.07) is 5.94. The second-order valence-corrected chi connectivity index (χ2v) is 5.41. The first-order valence-corrected chi connectivity index (χ1v) is 7.47. The van der Waals surface area contributed by atoms with Gasteiger partial charge in [-0.25, -0.2) is 4.79 Å². The number of benzene rings is 1. The molecule has 1 heterocycles. The van der Waals surface area contributed by atoms with E-state index >= 15 is 0 Å². The highest BCUT2D eigenvalue weighted by atomic mass is 16.4. The molecule has 0 spiro atoms. The van der Waals surface area contributed by atoms with Crippen LogP contribution in [-0.2, 0) is 9.59 Å². The molecule has 1 aromatic carbocycles. The second kappa shape index (κ2) is 7.59. The van der Waals surface area contributed by atoms with E-state index in [1.165, 1.54) is 24.3 Å². The van der Waals surface area contributed by atoms with Gasteiger partial charge in [0.05, 0.1) is 12.1 Å². The number of carboxylic acid groups (broad SMARTS) is 1. The molecular weight excluding hydrogens is 284 g/mol. The Kier molecular flexibility index (Phi) is 5.52. The first-order chi connectivity index (χ1) is 10.6. The van der Waals surface area contributed by atoms with Crippen molar-refractivity contribution in [1.29, 1.82) is 0 Å². The molecule has 1 fully saturated rings. The van der Waals surface area contributed by atoms with Gasteiger partial charge in [0.1, 0.15) is 0 Å². The minimum Gasteiger partial charge on any atom is -0.478 e. The number of nitrogens with zero attached hydrogens (tertiary/aromatic N) is 1. The highest BCUT2D eigenvalue weighted by Crippen LogP contribution is 2.13. The molecular formula is C16H20N2O4. The number of nitrogens with one attached hydrogen (secondary N) is 1. The van der Waals surface area contributed by atoms with Gasteiger partial charge >= 0.3 is 5.97 Å². The zero-order valence-corrected chi connectivity index (χ0v) is 12.4. The van der Waals surface area contributed by atoms with Gasteiger partial charge in [-0.1, -0.05) is 12.8 Å². The van der Waals surface area contributed by atoms with Crippen molar-refractivity contribution in [2.75, 3.05) is 18.4 Å². The van der Waals surface area contributed by atoms with Crippen LogP contribution in [0.4, 0.5) is 5.69 Å². The highest BCUT2D eigenvalue weighted by Gasteiger charge is 2.18. The number of hydrogen-bond donors (Lipinski definition) is 2. The van der Waals surface area contributed by atoms with Crippen LogP contribution >= 0.6 is 0 Å². The van der Waals surface area contributed by atoms with Crippen LogP contribution in [0.1, 0.15) is 42.5 Å². The summed E-state index contributed by atoms with van der Waals surface area (Å²) >= 11 is 0. The zero-order chi connectivity index (χ0) is 15.9. The molecule has 0 radical (unpaired) electrons. The summed E-state index contributed by atoms with van der Waals surface area (Å²) < 4.78 is 0. The molecule has 6 heteroatoms. The monoisotopic (exact) mass is 304 g/mol. The van der Waals surface area contributed by atoms with Gasteiger partial charge in [0, 0.05) is 18.7 Å². The van der Waals surface area contributed by atoms with Gasteiger partial charge in [0.2, 0.25) is 11.8 Å². The number of aromatic carboxylic acids is 1. The van der Waals surface area contributed by atoms with Crippen LogP contribution in [0.5, 0.6) is 0 Å². The number of carboxylic acids is 1. The van der Waals surface area contributed by atoms with Crippen molar-refractivity contribution in [1.82, 2.24) is 4.90 Å². The van der Waals surface area contributed by atoms with Gasteiger partial charge in [-0.3, -0.25) is 9.59 Å². The summed E-state index contributed by atoms with van der Waals surface area (Å²) in [7, 11) is 0. The van der Waals surface area contributed by atoms with Crippen molar-refractivity contribution < 1.29 is 19.5 Å². The molecule has 1 aromatic rings. The summed E-state index contributed by atoms with van der Waals surface area (Å²) in [6.45, 7) is 0.656. The maximum Gasteiger partial charge on any atom is 0.335 e. The Labute approximate surface area is 129 Å². The van der Waals surface area contributed by atoms with Crippen LogP contribution in [0.25, 0.3) is 0 Å². The Bertz CT molecular complexity index is 554. The fourth-order valence-electron chi connectivity index (χ4n) is 2.45. The number of hydrogen-bond acceptors (Lipinski definition) is 3. The predicted octanol–water partition coefficient (Wildman–Crippen LogP) is 2.12. The average Bonchev–Trinajstić information content (AvgIpc) is 2.47. The molecule has 1 saturated heterocycles. The van der Waals surface area contributed by atoms with Crippen molar-refractivity contribution >= 4 is 23.5 Å². The molecule has 0 bridgehead atoms. The van der Waals surface area contributed by atoms with Gasteiger partial charge in [-0.15, -0.1) is 0 Å². The molecule has 6 nitrogen and oxygen atoms in total. The fraction of sp³-hybridized carbons (Fsp3) is 0.438. The molecule has 0 atom stereocenters. The topological polar surface area (TPSA) is 86.7 Å². The molecule has 1 aliphatic heterocycles. The van der Waals surface area contributed by atoms with E-state index in [0.29, 0.717) is 18.7 Å². The summed E-state index contributed by atoms with van der Waals surface area (Å²) in [6.07, 6.45) is 4.46. The van der Waals surface area contributed by atoms with Crippen LogP contribution in [-0.4, -0.2) is 40.9 Å². The first-order valence-electron chi connectivity index (χ1n) is 7.47. The van der Waals surface area contributed by atoms with E-state index < -0.39 is 5.97 Å². The van der Waals surface area contributed by atoms with Crippen LogP contribution < -0.4 is 5.32 Å². The average molecular weight is 304 g/mol. The number of carbonyl (C=O) groups excluding carboxylic acids is 2. The SMILES string of the molecule is O=C(CN1CCCCCCC1=O)Nc1ccc(C(=O)O)cc1. The Balaban J connectivity index is 1.90. The predicted molar refractivity (Wildman–Crippen MR) is 81.7 cm³/mol. The smallest absolute Gasteiger partial charge is 0.335 e. The number of rotatable bonds is 4. The van der Waals surface area contributed by atoms with Gasteiger partial charge in [-0.05, 0) is 37.1 Å². The Morgan fingerprint density at radius 3 is 2.45 bits per heavy atom. The lowest BCUT2D eigenvalue weighted by Crippen LogP contribution is -2.39. The van der Waals surface area contributed by atoms with Crippen molar-refractivity contribution in [2.24, 2.45) is 0 Å². The van der Waals surface area contributed by atoms with Crippen molar-refractivity contribution in [3.8, 4) is 0 Å². The van der Waals surface area contributed by atoms with E-state index in [4.69, 9.17) is 5.11 Å². The summed E-state index contributed by atoms with van der Waals surface area (Å²) in [5.74, 6) is -1.25. The third kappa shape index (κ3) is 4.58. The lowest BCUT2D eigenvalue weighted by molar-refractivity contribution is -0.135. The maximum absolute atomic E-state index is 12.0. The standard InChI is InChI=1S/C16H20N2O4/c19-14(11-18-10-4-2-1-3-5-15(18)20)17-13-8-6-12(7-9-13)16(21)22/h6-9H,1-5,10-11H2,(H,17,19)(H,21,22).